The van der Waals surface area contributed by atoms with E-state index in [1.807, 2.05) is 4.90 Å². The first-order valence-corrected chi connectivity index (χ1v) is 8.45. The third-order valence-corrected chi connectivity index (χ3v) is 4.64. The Labute approximate surface area is 146 Å². The number of nitrogens with zero attached hydrogens (tertiary/aromatic N) is 5. The highest BCUT2D eigenvalue weighted by Crippen LogP contribution is 2.22. The van der Waals surface area contributed by atoms with Crippen molar-refractivity contribution in [3.8, 4) is 11.4 Å². The van der Waals surface area contributed by atoms with E-state index in [4.69, 9.17) is 5.73 Å². The molecule has 1 fully saturated rings. The van der Waals surface area contributed by atoms with Crippen LogP contribution < -0.4 is 5.73 Å². The fraction of sp³-hybridized carbons (Fsp3) is 0.471. The van der Waals surface area contributed by atoms with Gasteiger partial charge in [0.2, 0.25) is 17.6 Å². The maximum absolute atomic E-state index is 12.6. The number of carbonyl (C=O) groups excluding carboxylic acids is 2. The van der Waals surface area contributed by atoms with Gasteiger partial charge >= 0.3 is 0 Å². The van der Waals surface area contributed by atoms with Crippen LogP contribution in [0.25, 0.3) is 11.4 Å². The van der Waals surface area contributed by atoms with E-state index in [0.717, 1.165) is 19.3 Å². The molecule has 1 saturated heterocycles. The maximum atomic E-state index is 12.6. The molecule has 8 heteroatoms. The van der Waals surface area contributed by atoms with E-state index >= 15 is 0 Å². The second-order valence-electron chi connectivity index (χ2n) is 6.52. The first kappa shape index (κ1) is 17.1. The molecule has 0 unspecified atom stereocenters. The predicted octanol–water partition coefficient (Wildman–Crippen LogP) is 1.23. The molecule has 0 bridgehead atoms. The van der Waals surface area contributed by atoms with Crippen LogP contribution in [0.1, 0.15) is 43.5 Å². The summed E-state index contributed by atoms with van der Waals surface area (Å²) in [5, 5.41) is 12.2. The molecule has 2 heterocycles. The summed E-state index contributed by atoms with van der Waals surface area (Å²) >= 11 is 0. The summed E-state index contributed by atoms with van der Waals surface area (Å²) in [5.41, 5.74) is 6.35. The van der Waals surface area contributed by atoms with E-state index in [-0.39, 0.29) is 24.5 Å². The standard InChI is InChI=1S/C17H22N6O2/c1-11-4-3-5-12(2)23(11)15(24)10-22-20-17(19-21-22)14-8-6-13(7-9-14)16(18)25/h6-9,11-12H,3-5,10H2,1-2H3,(H2,18,25)/t11-,12-/m1/s1. The fourth-order valence-electron chi connectivity index (χ4n) is 3.32. The van der Waals surface area contributed by atoms with Gasteiger partial charge in [0, 0.05) is 23.2 Å². The number of hydrogen-bond donors (Lipinski definition) is 1. The van der Waals surface area contributed by atoms with E-state index in [1.165, 1.54) is 4.80 Å². The lowest BCUT2D eigenvalue weighted by Crippen LogP contribution is -2.48. The van der Waals surface area contributed by atoms with Crippen molar-refractivity contribution in [3.05, 3.63) is 29.8 Å². The average Bonchev–Trinajstić information content (AvgIpc) is 3.03. The normalized spacial score (nSPS) is 20.5. The molecule has 1 aromatic heterocycles. The highest BCUT2D eigenvalue weighted by molar-refractivity contribution is 5.93. The smallest absolute Gasteiger partial charge is 0.248 e. The van der Waals surface area contributed by atoms with Gasteiger partial charge in [0.1, 0.15) is 6.54 Å². The molecule has 2 amide bonds. The van der Waals surface area contributed by atoms with Gasteiger partial charge in [-0.3, -0.25) is 9.59 Å². The highest BCUT2D eigenvalue weighted by Gasteiger charge is 2.29. The van der Waals surface area contributed by atoms with Crippen molar-refractivity contribution in [2.24, 2.45) is 5.73 Å². The third kappa shape index (κ3) is 3.67. The van der Waals surface area contributed by atoms with Crippen molar-refractivity contribution in [2.75, 3.05) is 0 Å². The molecule has 2 N–H and O–H groups in total. The van der Waals surface area contributed by atoms with Crippen molar-refractivity contribution >= 4 is 11.8 Å². The van der Waals surface area contributed by atoms with Gasteiger partial charge < -0.3 is 10.6 Å². The van der Waals surface area contributed by atoms with Crippen LogP contribution >= 0.6 is 0 Å². The number of aromatic nitrogens is 4. The summed E-state index contributed by atoms with van der Waals surface area (Å²) in [5.74, 6) is -0.0742. The van der Waals surface area contributed by atoms with Crippen molar-refractivity contribution in [1.82, 2.24) is 25.1 Å². The molecule has 3 rings (SSSR count). The highest BCUT2D eigenvalue weighted by atomic mass is 16.2. The Hall–Kier alpha value is -2.77. The minimum Gasteiger partial charge on any atom is -0.366 e. The van der Waals surface area contributed by atoms with Gasteiger partial charge in [0.05, 0.1) is 0 Å². The Morgan fingerprint density at radius 3 is 2.40 bits per heavy atom. The Kier molecular flexibility index (Phi) is 4.78. The molecule has 2 aromatic rings. The van der Waals surface area contributed by atoms with Gasteiger partial charge in [0.15, 0.2) is 0 Å². The molecule has 25 heavy (non-hydrogen) atoms. The number of piperidine rings is 1. The van der Waals surface area contributed by atoms with Crippen LogP contribution in [-0.4, -0.2) is 49.0 Å². The minimum atomic E-state index is -0.487. The molecule has 0 saturated carbocycles. The van der Waals surface area contributed by atoms with E-state index in [9.17, 15) is 9.59 Å². The first-order valence-electron chi connectivity index (χ1n) is 8.45. The van der Waals surface area contributed by atoms with Crippen LogP contribution in [0.3, 0.4) is 0 Å². The summed E-state index contributed by atoms with van der Waals surface area (Å²) in [7, 11) is 0. The van der Waals surface area contributed by atoms with E-state index < -0.39 is 5.91 Å². The number of carbonyl (C=O) groups is 2. The average molecular weight is 342 g/mol. The van der Waals surface area contributed by atoms with Gasteiger partial charge in [0.25, 0.3) is 0 Å². The van der Waals surface area contributed by atoms with Crippen LogP contribution in [0.4, 0.5) is 0 Å². The number of rotatable bonds is 4. The molecule has 1 aliphatic heterocycles. The SMILES string of the molecule is C[C@@H]1CCC[C@@H](C)N1C(=O)Cn1nnc(-c2ccc(C(N)=O)cc2)n1. The van der Waals surface area contributed by atoms with Crippen LogP contribution in [0.5, 0.6) is 0 Å². The Morgan fingerprint density at radius 1 is 1.16 bits per heavy atom. The number of tetrazole rings is 1. The quantitative estimate of drug-likeness (QED) is 0.899. The number of primary amides is 1. The molecule has 0 aliphatic carbocycles. The van der Waals surface area contributed by atoms with Gasteiger partial charge in [-0.2, -0.15) is 4.80 Å². The largest absolute Gasteiger partial charge is 0.366 e. The minimum absolute atomic E-state index is 0.00715. The summed E-state index contributed by atoms with van der Waals surface area (Å²) in [4.78, 5) is 26.9. The second-order valence-corrected chi connectivity index (χ2v) is 6.52. The molecule has 2 atom stereocenters. The lowest BCUT2D eigenvalue weighted by atomic mass is 9.97. The Bertz CT molecular complexity index is 760. The Balaban J connectivity index is 1.71. The van der Waals surface area contributed by atoms with Gasteiger partial charge in [-0.1, -0.05) is 12.1 Å². The van der Waals surface area contributed by atoms with Crippen molar-refractivity contribution in [1.29, 1.82) is 0 Å². The summed E-state index contributed by atoms with van der Waals surface area (Å²) in [6.07, 6.45) is 3.20. The zero-order valence-electron chi connectivity index (χ0n) is 14.4. The zero-order valence-corrected chi connectivity index (χ0v) is 14.4. The number of hydrogen-bond acceptors (Lipinski definition) is 5. The van der Waals surface area contributed by atoms with Gasteiger partial charge in [-0.15, -0.1) is 10.2 Å². The molecule has 1 aliphatic rings. The van der Waals surface area contributed by atoms with Gasteiger partial charge in [-0.25, -0.2) is 0 Å². The second kappa shape index (κ2) is 7.00. The number of nitrogens with two attached hydrogens (primary N) is 1. The summed E-state index contributed by atoms with van der Waals surface area (Å²) in [6, 6.07) is 7.11. The molecule has 8 nitrogen and oxygen atoms in total. The molecule has 0 radical (unpaired) electrons. The zero-order chi connectivity index (χ0) is 18.0. The van der Waals surface area contributed by atoms with E-state index in [0.29, 0.717) is 17.0 Å². The summed E-state index contributed by atoms with van der Waals surface area (Å²) in [6.45, 7) is 4.23. The van der Waals surface area contributed by atoms with Crippen LogP contribution in [0, 0.1) is 0 Å². The topological polar surface area (TPSA) is 107 Å². The van der Waals surface area contributed by atoms with Crippen LogP contribution in [0.15, 0.2) is 24.3 Å². The molecular weight excluding hydrogens is 320 g/mol. The van der Waals surface area contributed by atoms with E-state index in [2.05, 4.69) is 29.3 Å². The number of likely N-dealkylation sites (tertiary alicyclic amines) is 1. The molecule has 132 valence electrons. The van der Waals surface area contributed by atoms with Crippen molar-refractivity contribution in [3.63, 3.8) is 0 Å². The number of benzene rings is 1. The molecule has 1 aromatic carbocycles. The van der Waals surface area contributed by atoms with Gasteiger partial charge in [-0.05, 0) is 50.5 Å². The predicted molar refractivity (Wildman–Crippen MR) is 91.4 cm³/mol. The van der Waals surface area contributed by atoms with Crippen molar-refractivity contribution in [2.45, 2.75) is 51.7 Å². The van der Waals surface area contributed by atoms with E-state index in [1.54, 1.807) is 24.3 Å². The fourth-order valence-corrected chi connectivity index (χ4v) is 3.32. The lowest BCUT2D eigenvalue weighted by molar-refractivity contribution is -0.138. The third-order valence-electron chi connectivity index (χ3n) is 4.64. The van der Waals surface area contributed by atoms with Crippen LogP contribution in [-0.2, 0) is 11.3 Å². The van der Waals surface area contributed by atoms with Crippen molar-refractivity contribution < 1.29 is 9.59 Å². The van der Waals surface area contributed by atoms with Crippen LogP contribution in [0.2, 0.25) is 0 Å². The molecular formula is C17H22N6O2. The number of amides is 2. The lowest BCUT2D eigenvalue weighted by Gasteiger charge is -2.38. The first-order chi connectivity index (χ1) is 12.0. The maximum Gasteiger partial charge on any atom is 0.248 e. The Morgan fingerprint density at radius 2 is 1.80 bits per heavy atom. The summed E-state index contributed by atoms with van der Waals surface area (Å²) < 4.78 is 0. The molecule has 0 spiro atoms. The monoisotopic (exact) mass is 342 g/mol.